The van der Waals surface area contributed by atoms with Gasteiger partial charge in [-0.1, -0.05) is 0 Å². The van der Waals surface area contributed by atoms with Crippen LogP contribution in [-0.4, -0.2) is 47.3 Å². The molecule has 0 N–H and O–H groups in total. The van der Waals surface area contributed by atoms with Gasteiger partial charge in [0.2, 0.25) is 5.91 Å². The number of nitrogens with zero attached hydrogens (tertiary/aromatic N) is 5. The number of carbonyl (C=O) groups is 1. The summed E-state index contributed by atoms with van der Waals surface area (Å²) in [4.78, 5) is 15.6. The second-order valence-electron chi connectivity index (χ2n) is 4.61. The minimum Gasteiger partial charge on any atom is -0.346 e. The van der Waals surface area contributed by atoms with Crippen molar-refractivity contribution in [2.45, 2.75) is 13.3 Å². The normalized spacial score (nSPS) is 16.7. The quantitative estimate of drug-likeness (QED) is 0.714. The van der Waals surface area contributed by atoms with E-state index in [1.807, 2.05) is 25.9 Å². The van der Waals surface area contributed by atoms with E-state index in [1.165, 1.54) is 0 Å². The first-order chi connectivity index (χ1) is 8.54. The van der Waals surface area contributed by atoms with Crippen molar-refractivity contribution >= 4 is 11.7 Å². The molecule has 1 aromatic rings. The van der Waals surface area contributed by atoms with Crippen LogP contribution in [0.3, 0.4) is 0 Å². The first-order valence-corrected chi connectivity index (χ1v) is 5.97. The maximum atomic E-state index is 11.9. The van der Waals surface area contributed by atoms with Crippen LogP contribution >= 0.6 is 0 Å². The molecule has 0 bridgehead atoms. The fourth-order valence-electron chi connectivity index (χ4n) is 2.31. The third kappa shape index (κ3) is 2.04. The smallest absolute Gasteiger partial charge is 0.241 e. The zero-order chi connectivity index (χ0) is 13.3. The highest BCUT2D eigenvalue weighted by Gasteiger charge is 2.24. The third-order valence-electron chi connectivity index (χ3n) is 3.28. The lowest BCUT2D eigenvalue weighted by Gasteiger charge is -2.21. The van der Waals surface area contributed by atoms with E-state index in [1.54, 1.807) is 9.58 Å². The number of nitriles is 1. The number of amides is 1. The van der Waals surface area contributed by atoms with Crippen molar-refractivity contribution in [2.75, 3.05) is 31.6 Å². The first kappa shape index (κ1) is 12.4. The van der Waals surface area contributed by atoms with E-state index in [0.29, 0.717) is 17.8 Å². The summed E-state index contributed by atoms with van der Waals surface area (Å²) in [5.74, 6) is 0.828. The summed E-state index contributed by atoms with van der Waals surface area (Å²) in [6.07, 6.45) is 0.900. The molecule has 1 amide bonds. The highest BCUT2D eigenvalue weighted by molar-refractivity contribution is 5.82. The molecular formula is C12H17N5O. The first-order valence-electron chi connectivity index (χ1n) is 5.97. The van der Waals surface area contributed by atoms with Crippen LogP contribution in [0.15, 0.2) is 0 Å². The van der Waals surface area contributed by atoms with Crippen molar-refractivity contribution in [3.05, 3.63) is 11.3 Å². The van der Waals surface area contributed by atoms with Gasteiger partial charge in [-0.15, -0.1) is 0 Å². The van der Waals surface area contributed by atoms with Gasteiger partial charge in [0.15, 0.2) is 0 Å². The molecule has 0 spiro atoms. The van der Waals surface area contributed by atoms with Gasteiger partial charge in [-0.05, 0) is 13.3 Å². The summed E-state index contributed by atoms with van der Waals surface area (Å²) < 4.78 is 1.69. The van der Waals surface area contributed by atoms with Gasteiger partial charge in [0, 0.05) is 27.2 Å². The summed E-state index contributed by atoms with van der Waals surface area (Å²) in [5.41, 5.74) is 1.27. The topological polar surface area (TPSA) is 65.2 Å². The van der Waals surface area contributed by atoms with Crippen molar-refractivity contribution in [2.24, 2.45) is 7.05 Å². The molecule has 0 aliphatic carbocycles. The number of likely N-dealkylation sites (N-methyl/N-ethyl adjacent to an activating group) is 1. The van der Waals surface area contributed by atoms with E-state index in [4.69, 9.17) is 0 Å². The molecule has 0 saturated carbocycles. The van der Waals surface area contributed by atoms with Crippen molar-refractivity contribution in [3.63, 3.8) is 0 Å². The molecule has 96 valence electrons. The zero-order valence-electron chi connectivity index (χ0n) is 11.0. The van der Waals surface area contributed by atoms with E-state index < -0.39 is 0 Å². The second-order valence-corrected chi connectivity index (χ2v) is 4.61. The lowest BCUT2D eigenvalue weighted by atomic mass is 10.2. The van der Waals surface area contributed by atoms with Gasteiger partial charge in [0.05, 0.1) is 12.2 Å². The molecule has 0 unspecified atom stereocenters. The molecule has 18 heavy (non-hydrogen) atoms. The molecule has 0 aromatic carbocycles. The van der Waals surface area contributed by atoms with E-state index >= 15 is 0 Å². The average molecular weight is 247 g/mol. The number of aryl methyl sites for hydroxylation is 2. The van der Waals surface area contributed by atoms with Crippen molar-refractivity contribution in [1.29, 1.82) is 5.26 Å². The van der Waals surface area contributed by atoms with Gasteiger partial charge >= 0.3 is 0 Å². The number of anilines is 1. The predicted molar refractivity (Wildman–Crippen MR) is 67.1 cm³/mol. The highest BCUT2D eigenvalue weighted by atomic mass is 16.2. The Morgan fingerprint density at radius 1 is 1.33 bits per heavy atom. The Bertz CT molecular complexity index is 513. The van der Waals surface area contributed by atoms with Crippen LogP contribution in [0.25, 0.3) is 0 Å². The third-order valence-corrected chi connectivity index (χ3v) is 3.28. The van der Waals surface area contributed by atoms with Crippen LogP contribution in [-0.2, 0) is 11.8 Å². The molecule has 1 aliphatic heterocycles. The highest BCUT2D eigenvalue weighted by Crippen LogP contribution is 2.23. The van der Waals surface area contributed by atoms with E-state index in [0.717, 1.165) is 25.3 Å². The van der Waals surface area contributed by atoms with Crippen LogP contribution in [0.4, 0.5) is 5.82 Å². The molecule has 0 radical (unpaired) electrons. The van der Waals surface area contributed by atoms with Crippen molar-refractivity contribution in [3.8, 4) is 6.07 Å². The van der Waals surface area contributed by atoms with E-state index in [-0.39, 0.29) is 5.91 Å². The van der Waals surface area contributed by atoms with Crippen LogP contribution in [0, 0.1) is 18.3 Å². The lowest BCUT2D eigenvalue weighted by molar-refractivity contribution is -0.127. The van der Waals surface area contributed by atoms with Gasteiger partial charge < -0.3 is 9.80 Å². The molecule has 1 aliphatic rings. The molecule has 2 rings (SSSR count). The molecule has 6 heteroatoms. The number of carbonyl (C=O) groups excluding carboxylic acids is 1. The van der Waals surface area contributed by atoms with E-state index in [2.05, 4.69) is 11.2 Å². The molecule has 6 nitrogen and oxygen atoms in total. The van der Waals surface area contributed by atoms with Crippen LogP contribution < -0.4 is 4.90 Å². The van der Waals surface area contributed by atoms with Gasteiger partial charge in [0.25, 0.3) is 0 Å². The largest absolute Gasteiger partial charge is 0.346 e. The summed E-state index contributed by atoms with van der Waals surface area (Å²) >= 11 is 0. The Hall–Kier alpha value is -2.03. The monoisotopic (exact) mass is 247 g/mol. The lowest BCUT2D eigenvalue weighted by Crippen LogP contribution is -2.35. The molecule has 1 saturated heterocycles. The Morgan fingerprint density at radius 2 is 2.06 bits per heavy atom. The molecule has 2 heterocycles. The maximum absolute atomic E-state index is 11.9. The van der Waals surface area contributed by atoms with Crippen molar-refractivity contribution in [1.82, 2.24) is 14.7 Å². The standard InChI is InChI=1S/C12H17N5O/c1-9-10(7-13)12(16(3)14-9)17-6-4-5-15(2)11(18)8-17/h4-6,8H2,1-3H3. The summed E-state index contributed by atoms with van der Waals surface area (Å²) in [6, 6.07) is 2.18. The Labute approximate surface area is 106 Å². The SMILES string of the molecule is Cc1nn(C)c(N2CCCN(C)C(=O)C2)c1C#N. The fraction of sp³-hybridized carbons (Fsp3) is 0.583. The minimum absolute atomic E-state index is 0.0789. The Balaban J connectivity index is 2.37. The van der Waals surface area contributed by atoms with Crippen molar-refractivity contribution < 1.29 is 4.79 Å². The van der Waals surface area contributed by atoms with E-state index in [9.17, 15) is 10.1 Å². The molecule has 0 atom stereocenters. The molecule has 1 fully saturated rings. The average Bonchev–Trinajstić information content (AvgIpc) is 2.50. The predicted octanol–water partition coefficient (Wildman–Crippen LogP) is 0.269. The van der Waals surface area contributed by atoms with Gasteiger partial charge in [0.1, 0.15) is 17.5 Å². The minimum atomic E-state index is 0.0789. The maximum Gasteiger partial charge on any atom is 0.241 e. The number of hydrogen-bond donors (Lipinski definition) is 0. The van der Waals surface area contributed by atoms with Gasteiger partial charge in [-0.3, -0.25) is 9.48 Å². The van der Waals surface area contributed by atoms with Crippen LogP contribution in [0.2, 0.25) is 0 Å². The van der Waals surface area contributed by atoms with Crippen LogP contribution in [0.5, 0.6) is 0 Å². The Morgan fingerprint density at radius 3 is 2.72 bits per heavy atom. The zero-order valence-corrected chi connectivity index (χ0v) is 11.0. The fourth-order valence-corrected chi connectivity index (χ4v) is 2.31. The molecule has 1 aromatic heterocycles. The second kappa shape index (κ2) is 4.69. The summed E-state index contributed by atoms with van der Waals surface area (Å²) in [5, 5.41) is 13.5. The summed E-state index contributed by atoms with van der Waals surface area (Å²) in [7, 11) is 3.62. The van der Waals surface area contributed by atoms with Crippen LogP contribution in [0.1, 0.15) is 17.7 Å². The van der Waals surface area contributed by atoms with Gasteiger partial charge in [-0.2, -0.15) is 10.4 Å². The number of aromatic nitrogens is 2. The van der Waals surface area contributed by atoms with Gasteiger partial charge in [-0.25, -0.2) is 0 Å². The number of hydrogen-bond acceptors (Lipinski definition) is 4. The Kier molecular flexibility index (Phi) is 3.24. The number of rotatable bonds is 1. The molecular weight excluding hydrogens is 230 g/mol. The summed E-state index contributed by atoms with van der Waals surface area (Å²) in [6.45, 7) is 3.65.